The number of imide groups is 1. The highest BCUT2D eigenvalue weighted by Crippen LogP contribution is 2.35. The molecule has 2 N–H and O–H groups in total. The van der Waals surface area contributed by atoms with Gasteiger partial charge in [0.2, 0.25) is 17.8 Å². The van der Waals surface area contributed by atoms with E-state index < -0.39 is 5.60 Å². The molecular formula is C37H42ClN9O4. The zero-order valence-corrected chi connectivity index (χ0v) is 30.2. The van der Waals surface area contributed by atoms with Crippen molar-refractivity contribution in [3.8, 4) is 0 Å². The molecule has 7 rings (SSSR count). The fourth-order valence-electron chi connectivity index (χ4n) is 7.03. The molecule has 1 fully saturated rings. The molecule has 2 aromatic carbocycles. The van der Waals surface area contributed by atoms with E-state index in [0.29, 0.717) is 54.8 Å². The van der Waals surface area contributed by atoms with Crippen molar-refractivity contribution in [3.05, 3.63) is 69.7 Å². The summed E-state index contributed by atoms with van der Waals surface area (Å²) in [5.41, 5.74) is 4.39. The number of hydrogen-bond acceptors (Lipinski definition) is 9. The summed E-state index contributed by atoms with van der Waals surface area (Å²) in [6.45, 7) is 3.84. The Morgan fingerprint density at radius 1 is 1.02 bits per heavy atom. The van der Waals surface area contributed by atoms with Crippen molar-refractivity contribution in [2.45, 2.75) is 77.0 Å². The topological polar surface area (TPSA) is 143 Å². The van der Waals surface area contributed by atoms with E-state index in [2.05, 4.69) is 32.4 Å². The molecular weight excluding hydrogens is 670 g/mol. The van der Waals surface area contributed by atoms with Gasteiger partial charge in [-0.05, 0) is 87.4 Å². The van der Waals surface area contributed by atoms with E-state index in [-0.39, 0.29) is 23.5 Å². The number of anilines is 4. The van der Waals surface area contributed by atoms with Crippen molar-refractivity contribution in [2.24, 2.45) is 14.1 Å². The van der Waals surface area contributed by atoms with Gasteiger partial charge in [-0.1, -0.05) is 23.7 Å². The summed E-state index contributed by atoms with van der Waals surface area (Å²) in [6.07, 6.45) is 8.08. The van der Waals surface area contributed by atoms with Crippen LogP contribution in [0.3, 0.4) is 0 Å². The van der Waals surface area contributed by atoms with Crippen molar-refractivity contribution in [1.29, 1.82) is 0 Å². The minimum Gasteiger partial charge on any atom is -0.390 e. The second-order valence-electron chi connectivity index (χ2n) is 14.2. The zero-order chi connectivity index (χ0) is 36.2. The molecule has 4 heterocycles. The first-order valence-corrected chi connectivity index (χ1v) is 17.6. The first-order valence-electron chi connectivity index (χ1n) is 17.2. The fraction of sp³-hybridized carbons (Fsp3) is 0.405. The van der Waals surface area contributed by atoms with Crippen LogP contribution in [0.15, 0.2) is 53.5 Å². The quantitative estimate of drug-likeness (QED) is 0.184. The van der Waals surface area contributed by atoms with Crippen LogP contribution in [0.5, 0.6) is 0 Å². The molecule has 2 amide bonds. The van der Waals surface area contributed by atoms with Crippen LogP contribution in [0.2, 0.25) is 5.02 Å². The fourth-order valence-corrected chi connectivity index (χ4v) is 7.17. The molecule has 13 nitrogen and oxygen atoms in total. The van der Waals surface area contributed by atoms with Crippen LogP contribution in [0.1, 0.15) is 64.4 Å². The summed E-state index contributed by atoms with van der Waals surface area (Å²) in [6, 6.07) is 11.9. The second kappa shape index (κ2) is 13.3. The Kier molecular flexibility index (Phi) is 8.96. The summed E-state index contributed by atoms with van der Waals surface area (Å²) in [5, 5.41) is 19.3. The molecule has 0 saturated carbocycles. The van der Waals surface area contributed by atoms with Gasteiger partial charge in [-0.3, -0.25) is 23.4 Å². The molecule has 51 heavy (non-hydrogen) atoms. The number of fused-ring (bicyclic) bond motifs is 2. The lowest BCUT2D eigenvalue weighted by atomic mass is 9.90. The standard InChI is InChI=1S/C37H42ClN9O4/c1-37(2,51)17-18-46-30-20-24(12-16-28(30)44(4)36(46)50)40-33-27(38)21-39-35(41-33)43(3)25-13-9-22(10-14-25)23-11-15-26-29(19-23)45(5)42-34(26)47-31(48)7-6-8-32(47)49/h9,11-12,15-16,19-21,25,51H,6-8,10,13-14,17-18H2,1-5H3,(H,39,40,41). The molecule has 1 atom stereocenters. The van der Waals surface area contributed by atoms with Crippen LogP contribution in [-0.4, -0.2) is 64.5 Å². The van der Waals surface area contributed by atoms with E-state index >= 15 is 0 Å². The Bertz CT molecular complexity index is 2260. The first kappa shape index (κ1) is 34.4. The van der Waals surface area contributed by atoms with Gasteiger partial charge >= 0.3 is 5.69 Å². The van der Waals surface area contributed by atoms with Crippen LogP contribution >= 0.6 is 11.6 Å². The Hall–Kier alpha value is -5.01. The minimum absolute atomic E-state index is 0.144. The first-order chi connectivity index (χ1) is 24.3. The molecule has 1 aliphatic carbocycles. The van der Waals surface area contributed by atoms with Gasteiger partial charge in [0.25, 0.3) is 0 Å². The van der Waals surface area contributed by atoms with Gasteiger partial charge in [0.05, 0.1) is 28.3 Å². The third-order valence-corrected chi connectivity index (χ3v) is 10.3. The number of carbonyl (C=O) groups is 2. The predicted octanol–water partition coefficient (Wildman–Crippen LogP) is 5.69. The molecule has 5 aromatic rings. The predicted molar refractivity (Wildman–Crippen MR) is 199 cm³/mol. The number of aryl methyl sites for hydroxylation is 3. The van der Waals surface area contributed by atoms with Gasteiger partial charge in [-0.15, -0.1) is 0 Å². The van der Waals surface area contributed by atoms with Gasteiger partial charge < -0.3 is 15.3 Å². The van der Waals surface area contributed by atoms with Crippen molar-refractivity contribution >= 4 is 74.2 Å². The maximum Gasteiger partial charge on any atom is 0.328 e. The van der Waals surface area contributed by atoms with Crippen LogP contribution in [0.4, 0.5) is 23.3 Å². The lowest BCUT2D eigenvalue weighted by molar-refractivity contribution is -0.129. The number of rotatable bonds is 9. The number of piperidine rings is 1. The Balaban J connectivity index is 1.07. The molecule has 1 aliphatic heterocycles. The van der Waals surface area contributed by atoms with E-state index in [1.54, 1.807) is 40.9 Å². The number of hydrogen-bond donors (Lipinski definition) is 2. The maximum absolute atomic E-state index is 13.0. The summed E-state index contributed by atoms with van der Waals surface area (Å²) < 4.78 is 5.02. The summed E-state index contributed by atoms with van der Waals surface area (Å²) in [5.74, 6) is 1.00. The monoisotopic (exact) mass is 711 g/mol. The van der Waals surface area contributed by atoms with Gasteiger partial charge in [0, 0.05) is 57.6 Å². The third-order valence-electron chi connectivity index (χ3n) is 10.0. The van der Waals surface area contributed by atoms with Crippen LogP contribution in [0.25, 0.3) is 27.5 Å². The van der Waals surface area contributed by atoms with Gasteiger partial charge in [-0.25, -0.2) is 14.7 Å². The highest BCUT2D eigenvalue weighted by Gasteiger charge is 2.31. The van der Waals surface area contributed by atoms with Crippen molar-refractivity contribution in [2.75, 3.05) is 22.2 Å². The number of nitrogens with zero attached hydrogens (tertiary/aromatic N) is 8. The van der Waals surface area contributed by atoms with E-state index in [9.17, 15) is 19.5 Å². The summed E-state index contributed by atoms with van der Waals surface area (Å²) in [7, 11) is 5.56. The van der Waals surface area contributed by atoms with Crippen LogP contribution in [0, 0.1) is 0 Å². The zero-order valence-electron chi connectivity index (χ0n) is 29.5. The number of halogens is 1. The Labute approximate surface area is 300 Å². The third kappa shape index (κ3) is 6.63. The molecule has 3 aromatic heterocycles. The number of imidazole rings is 1. The van der Waals surface area contributed by atoms with Crippen LogP contribution < -0.4 is 20.8 Å². The lowest BCUT2D eigenvalue weighted by Gasteiger charge is -2.31. The summed E-state index contributed by atoms with van der Waals surface area (Å²) in [4.78, 5) is 50.8. The molecule has 266 valence electrons. The number of benzene rings is 2. The average Bonchev–Trinajstić information content (AvgIpc) is 3.55. The SMILES string of the molecule is CN(c1ncc(Cl)c(Nc2ccc3c(c2)n(CCC(C)(C)O)c(=O)n3C)n1)C1CC=C(c2ccc3c(N4C(=O)CCCC4=O)nn(C)c3c2)CC1. The maximum atomic E-state index is 13.0. The van der Waals surface area contributed by atoms with E-state index in [1.807, 2.05) is 44.4 Å². The highest BCUT2D eigenvalue weighted by molar-refractivity contribution is 6.33. The Morgan fingerprint density at radius 3 is 2.49 bits per heavy atom. The molecule has 2 aliphatic rings. The number of aromatic nitrogens is 6. The van der Waals surface area contributed by atoms with Gasteiger partial charge in [0.1, 0.15) is 5.02 Å². The van der Waals surface area contributed by atoms with Gasteiger partial charge in [-0.2, -0.15) is 10.1 Å². The Morgan fingerprint density at radius 2 is 1.78 bits per heavy atom. The van der Waals surface area contributed by atoms with E-state index in [4.69, 9.17) is 16.6 Å². The number of amides is 2. The normalized spacial score (nSPS) is 17.0. The smallest absolute Gasteiger partial charge is 0.328 e. The minimum atomic E-state index is -0.901. The largest absolute Gasteiger partial charge is 0.390 e. The summed E-state index contributed by atoms with van der Waals surface area (Å²) >= 11 is 6.57. The lowest BCUT2D eigenvalue weighted by Crippen LogP contribution is -2.40. The molecule has 1 saturated heterocycles. The molecule has 0 radical (unpaired) electrons. The van der Waals surface area contributed by atoms with Crippen molar-refractivity contribution in [3.63, 3.8) is 0 Å². The van der Waals surface area contributed by atoms with Crippen molar-refractivity contribution < 1.29 is 14.7 Å². The molecule has 14 heteroatoms. The molecule has 0 spiro atoms. The molecule has 1 unspecified atom stereocenters. The average molecular weight is 712 g/mol. The number of nitrogens with one attached hydrogen (secondary N) is 1. The van der Waals surface area contributed by atoms with Crippen molar-refractivity contribution in [1.82, 2.24) is 28.9 Å². The van der Waals surface area contributed by atoms with Crippen LogP contribution in [-0.2, 0) is 30.2 Å². The highest BCUT2D eigenvalue weighted by atomic mass is 35.5. The van der Waals surface area contributed by atoms with E-state index in [0.717, 1.165) is 52.4 Å². The molecule has 0 bridgehead atoms. The number of aliphatic hydroxyl groups is 1. The number of carbonyl (C=O) groups excluding carboxylic acids is 2. The second-order valence-corrected chi connectivity index (χ2v) is 14.6. The number of allylic oxidation sites excluding steroid dienone is 1. The van der Waals surface area contributed by atoms with E-state index in [1.165, 1.54) is 10.5 Å². The van der Waals surface area contributed by atoms with Gasteiger partial charge in [0.15, 0.2) is 11.6 Å².